The average Bonchev–Trinajstić information content (AvgIpc) is 2.28. The molecule has 0 aromatic heterocycles. The van der Waals surface area contributed by atoms with Crippen molar-refractivity contribution in [2.45, 2.75) is 44.5 Å². The summed E-state index contributed by atoms with van der Waals surface area (Å²) in [5.74, 6) is 0.317. The minimum absolute atomic E-state index is 0.110. The average molecular weight is 264 g/mol. The molecule has 2 N–H and O–H groups in total. The number of hydrogen-bond acceptors (Lipinski definition) is 6. The summed E-state index contributed by atoms with van der Waals surface area (Å²) in [5.41, 5.74) is -0.176. The van der Waals surface area contributed by atoms with Gasteiger partial charge in [0, 0.05) is 12.8 Å². The summed E-state index contributed by atoms with van der Waals surface area (Å²) in [4.78, 5) is 11.0. The maximum atomic E-state index is 11.0. The fourth-order valence-corrected chi connectivity index (χ4v) is 2.94. The van der Waals surface area contributed by atoms with Crippen molar-refractivity contribution >= 4 is 17.7 Å². The summed E-state index contributed by atoms with van der Waals surface area (Å²) >= 11 is 1.58. The van der Waals surface area contributed by atoms with E-state index in [0.717, 1.165) is 5.75 Å². The van der Waals surface area contributed by atoms with E-state index in [1.54, 1.807) is 11.8 Å². The Morgan fingerprint density at radius 1 is 1.53 bits per heavy atom. The standard InChI is InChI=1S/C11H20O5S/c1-4-17-11-6(2)10(15-7(3)13)9(14)8(5-12)16-11/h6,8-12,14H,4-5H2,1-3H3/t6?,8?,9-,10-,11+/m1/s1. The first-order valence-electron chi connectivity index (χ1n) is 5.74. The van der Waals surface area contributed by atoms with Gasteiger partial charge in [0.15, 0.2) is 0 Å². The van der Waals surface area contributed by atoms with Gasteiger partial charge in [-0.2, -0.15) is 0 Å². The van der Waals surface area contributed by atoms with Crippen LogP contribution in [0.1, 0.15) is 20.8 Å². The zero-order chi connectivity index (χ0) is 13.0. The van der Waals surface area contributed by atoms with Crippen LogP contribution in [0.15, 0.2) is 0 Å². The molecule has 0 aromatic carbocycles. The Hall–Kier alpha value is -0.300. The first-order chi connectivity index (χ1) is 8.01. The van der Waals surface area contributed by atoms with Crippen molar-refractivity contribution in [1.82, 2.24) is 0 Å². The summed E-state index contributed by atoms with van der Waals surface area (Å²) in [5, 5.41) is 19.1. The molecule has 6 heteroatoms. The number of thioether (sulfide) groups is 1. The quantitative estimate of drug-likeness (QED) is 0.715. The summed E-state index contributed by atoms with van der Waals surface area (Å²) in [6, 6.07) is 0. The normalized spacial score (nSPS) is 37.8. The molecule has 1 aliphatic heterocycles. The Morgan fingerprint density at radius 3 is 2.65 bits per heavy atom. The van der Waals surface area contributed by atoms with Crippen LogP contribution in [-0.4, -0.2) is 52.3 Å². The van der Waals surface area contributed by atoms with Gasteiger partial charge in [-0.25, -0.2) is 0 Å². The molecule has 0 aliphatic carbocycles. The highest BCUT2D eigenvalue weighted by Gasteiger charge is 2.44. The van der Waals surface area contributed by atoms with Crippen LogP contribution in [0.25, 0.3) is 0 Å². The number of aliphatic hydroxyl groups excluding tert-OH is 2. The first kappa shape index (κ1) is 14.8. The molecule has 100 valence electrons. The number of carbonyl (C=O) groups is 1. The summed E-state index contributed by atoms with van der Waals surface area (Å²) in [6.45, 7) is 4.90. The molecule has 0 saturated carbocycles. The van der Waals surface area contributed by atoms with E-state index in [1.807, 2.05) is 13.8 Å². The molecule has 1 fully saturated rings. The molecular weight excluding hydrogens is 244 g/mol. The second-order valence-electron chi connectivity index (χ2n) is 4.10. The molecule has 0 radical (unpaired) electrons. The zero-order valence-electron chi connectivity index (χ0n) is 10.3. The number of hydrogen-bond donors (Lipinski definition) is 2. The van der Waals surface area contributed by atoms with Gasteiger partial charge in [-0.05, 0) is 5.75 Å². The molecule has 2 unspecified atom stereocenters. The number of ether oxygens (including phenoxy) is 2. The molecule has 1 saturated heterocycles. The molecule has 0 bridgehead atoms. The number of carbonyl (C=O) groups excluding carboxylic acids is 1. The molecule has 1 heterocycles. The third kappa shape index (κ3) is 3.58. The Balaban J connectivity index is 2.78. The van der Waals surface area contributed by atoms with Crippen LogP contribution in [0, 0.1) is 5.92 Å². The minimum Gasteiger partial charge on any atom is -0.459 e. The zero-order valence-corrected chi connectivity index (χ0v) is 11.1. The lowest BCUT2D eigenvalue weighted by Gasteiger charge is -2.42. The van der Waals surface area contributed by atoms with Crippen LogP contribution in [0.2, 0.25) is 0 Å². The van der Waals surface area contributed by atoms with Gasteiger partial charge >= 0.3 is 5.97 Å². The van der Waals surface area contributed by atoms with E-state index >= 15 is 0 Å². The van der Waals surface area contributed by atoms with E-state index in [2.05, 4.69) is 0 Å². The number of aliphatic hydroxyl groups is 2. The van der Waals surface area contributed by atoms with Gasteiger partial charge in [-0.15, -0.1) is 11.8 Å². The second kappa shape index (κ2) is 6.58. The predicted molar refractivity (Wildman–Crippen MR) is 64.6 cm³/mol. The lowest BCUT2D eigenvalue weighted by atomic mass is 9.93. The maximum Gasteiger partial charge on any atom is 0.303 e. The van der Waals surface area contributed by atoms with Crippen molar-refractivity contribution in [2.75, 3.05) is 12.4 Å². The number of esters is 1. The van der Waals surface area contributed by atoms with E-state index in [4.69, 9.17) is 14.6 Å². The van der Waals surface area contributed by atoms with E-state index in [-0.39, 0.29) is 18.0 Å². The molecule has 1 aliphatic rings. The smallest absolute Gasteiger partial charge is 0.303 e. The largest absolute Gasteiger partial charge is 0.459 e. The highest BCUT2D eigenvalue weighted by atomic mass is 32.2. The Morgan fingerprint density at radius 2 is 2.18 bits per heavy atom. The van der Waals surface area contributed by atoms with Gasteiger partial charge in [-0.1, -0.05) is 13.8 Å². The molecule has 5 atom stereocenters. The lowest BCUT2D eigenvalue weighted by molar-refractivity contribution is -0.201. The van der Waals surface area contributed by atoms with Gasteiger partial charge in [0.2, 0.25) is 0 Å². The summed E-state index contributed by atoms with van der Waals surface area (Å²) < 4.78 is 10.7. The molecule has 0 amide bonds. The first-order valence-corrected chi connectivity index (χ1v) is 6.79. The van der Waals surface area contributed by atoms with Crippen LogP contribution in [-0.2, 0) is 14.3 Å². The molecule has 5 nitrogen and oxygen atoms in total. The van der Waals surface area contributed by atoms with Crippen LogP contribution < -0.4 is 0 Å². The SMILES string of the molecule is CCS[C@@H]1OC(CO)[C@@H](O)[C@H](OC(C)=O)C1C. The van der Waals surface area contributed by atoms with Gasteiger partial charge in [-0.3, -0.25) is 4.79 Å². The topological polar surface area (TPSA) is 76.0 Å². The molecule has 0 spiro atoms. The van der Waals surface area contributed by atoms with Gasteiger partial charge in [0.1, 0.15) is 23.7 Å². The maximum absolute atomic E-state index is 11.0. The highest BCUT2D eigenvalue weighted by Crippen LogP contribution is 2.34. The van der Waals surface area contributed by atoms with Crippen molar-refractivity contribution in [3.05, 3.63) is 0 Å². The number of rotatable bonds is 4. The van der Waals surface area contributed by atoms with Crippen LogP contribution in [0.3, 0.4) is 0 Å². The van der Waals surface area contributed by atoms with E-state index in [1.165, 1.54) is 6.92 Å². The molecule has 17 heavy (non-hydrogen) atoms. The van der Waals surface area contributed by atoms with Crippen molar-refractivity contribution in [3.8, 4) is 0 Å². The summed E-state index contributed by atoms with van der Waals surface area (Å²) in [6.07, 6.45) is -2.30. The lowest BCUT2D eigenvalue weighted by Crippen LogP contribution is -2.55. The second-order valence-corrected chi connectivity index (χ2v) is 5.48. The van der Waals surface area contributed by atoms with Crippen molar-refractivity contribution in [1.29, 1.82) is 0 Å². The molecule has 1 rings (SSSR count). The van der Waals surface area contributed by atoms with Crippen molar-refractivity contribution < 1.29 is 24.5 Å². The Labute approximate surface area is 105 Å². The minimum atomic E-state index is -0.979. The van der Waals surface area contributed by atoms with Crippen molar-refractivity contribution in [3.63, 3.8) is 0 Å². The van der Waals surface area contributed by atoms with Crippen LogP contribution >= 0.6 is 11.8 Å². The predicted octanol–water partition coefficient (Wildman–Crippen LogP) is 0.385. The van der Waals surface area contributed by atoms with Gasteiger partial charge in [0.05, 0.1) is 6.61 Å². The third-order valence-electron chi connectivity index (χ3n) is 2.79. The fourth-order valence-electron chi connectivity index (χ4n) is 1.93. The third-order valence-corrected chi connectivity index (χ3v) is 3.99. The monoisotopic (exact) mass is 264 g/mol. The van der Waals surface area contributed by atoms with Crippen molar-refractivity contribution in [2.24, 2.45) is 5.92 Å². The summed E-state index contributed by atoms with van der Waals surface area (Å²) in [7, 11) is 0. The molecule has 0 aromatic rings. The van der Waals surface area contributed by atoms with Gasteiger partial charge < -0.3 is 19.7 Å². The van der Waals surface area contributed by atoms with E-state index < -0.39 is 24.3 Å². The van der Waals surface area contributed by atoms with E-state index in [9.17, 15) is 9.90 Å². The Kier molecular flexibility index (Phi) is 5.72. The van der Waals surface area contributed by atoms with Crippen LogP contribution in [0.4, 0.5) is 0 Å². The highest BCUT2D eigenvalue weighted by molar-refractivity contribution is 7.99. The molecular formula is C11H20O5S. The van der Waals surface area contributed by atoms with Crippen LogP contribution in [0.5, 0.6) is 0 Å². The van der Waals surface area contributed by atoms with E-state index in [0.29, 0.717) is 0 Å². The Bertz CT molecular complexity index is 260. The van der Waals surface area contributed by atoms with Gasteiger partial charge in [0.25, 0.3) is 0 Å². The fraction of sp³-hybridized carbons (Fsp3) is 0.909.